The molecule has 25 heavy (non-hydrogen) atoms. The molecule has 1 atom stereocenters. The first kappa shape index (κ1) is 18.6. The monoisotopic (exact) mass is 359 g/mol. The molecule has 0 radical (unpaired) electrons. The SMILES string of the molecule is CONS(=O)(=O)c1ccc(C(=O)NC(C)c2ccc(C#N)cc2)cc1. The summed E-state index contributed by atoms with van der Waals surface area (Å²) in [6, 6.07) is 14.2. The molecule has 1 unspecified atom stereocenters. The number of sulfonamides is 1. The first-order valence-corrected chi connectivity index (χ1v) is 8.81. The molecule has 2 N–H and O–H groups in total. The molecule has 0 aliphatic heterocycles. The van der Waals surface area contributed by atoms with Gasteiger partial charge in [0.2, 0.25) is 0 Å². The van der Waals surface area contributed by atoms with Crippen LogP contribution in [0.1, 0.15) is 34.5 Å². The number of carbonyl (C=O) groups excluding carboxylic acids is 1. The molecule has 2 rings (SSSR count). The van der Waals surface area contributed by atoms with Crippen molar-refractivity contribution < 1.29 is 18.0 Å². The molecule has 130 valence electrons. The van der Waals surface area contributed by atoms with Crippen molar-refractivity contribution in [1.82, 2.24) is 10.2 Å². The fourth-order valence-corrected chi connectivity index (χ4v) is 2.96. The van der Waals surface area contributed by atoms with Gasteiger partial charge in [-0.1, -0.05) is 17.0 Å². The van der Waals surface area contributed by atoms with Crippen LogP contribution < -0.4 is 10.2 Å². The Morgan fingerprint density at radius 1 is 1.12 bits per heavy atom. The maximum absolute atomic E-state index is 12.3. The minimum absolute atomic E-state index is 0.00830. The van der Waals surface area contributed by atoms with Crippen LogP contribution >= 0.6 is 0 Å². The molecule has 0 saturated carbocycles. The summed E-state index contributed by atoms with van der Waals surface area (Å²) in [4.78, 5) is 18.6. The molecule has 0 aliphatic carbocycles. The minimum atomic E-state index is -3.76. The van der Waals surface area contributed by atoms with Crippen molar-refractivity contribution in [3.05, 3.63) is 65.2 Å². The van der Waals surface area contributed by atoms with E-state index in [-0.39, 0.29) is 16.8 Å². The van der Waals surface area contributed by atoms with Gasteiger partial charge in [-0.25, -0.2) is 8.42 Å². The van der Waals surface area contributed by atoms with E-state index in [0.717, 1.165) is 5.56 Å². The normalized spacial score (nSPS) is 12.2. The largest absolute Gasteiger partial charge is 0.346 e. The molecule has 8 heteroatoms. The molecule has 0 heterocycles. The van der Waals surface area contributed by atoms with Crippen molar-refractivity contribution in [3.63, 3.8) is 0 Å². The summed E-state index contributed by atoms with van der Waals surface area (Å²) in [5.41, 5.74) is 1.73. The molecule has 2 aromatic carbocycles. The number of benzene rings is 2. The second-order valence-electron chi connectivity index (χ2n) is 5.24. The molecule has 0 saturated heterocycles. The Bertz CT molecular complexity index is 885. The fourth-order valence-electron chi connectivity index (χ4n) is 2.15. The Morgan fingerprint density at radius 2 is 1.72 bits per heavy atom. The Labute approximate surface area is 146 Å². The average Bonchev–Trinajstić information content (AvgIpc) is 2.61. The number of hydrogen-bond donors (Lipinski definition) is 2. The molecular formula is C17H17N3O4S. The Kier molecular flexibility index (Phi) is 5.88. The van der Waals surface area contributed by atoms with Gasteiger partial charge in [-0.15, -0.1) is 0 Å². The molecular weight excluding hydrogens is 342 g/mol. The van der Waals surface area contributed by atoms with Crippen LogP contribution in [0.5, 0.6) is 0 Å². The van der Waals surface area contributed by atoms with Crippen molar-refractivity contribution in [2.45, 2.75) is 17.9 Å². The maximum atomic E-state index is 12.3. The Morgan fingerprint density at radius 3 is 2.24 bits per heavy atom. The third-order valence-corrected chi connectivity index (χ3v) is 4.79. The maximum Gasteiger partial charge on any atom is 0.262 e. The molecule has 7 nitrogen and oxygen atoms in total. The Balaban J connectivity index is 2.08. The van der Waals surface area contributed by atoms with Gasteiger partial charge in [0.15, 0.2) is 0 Å². The van der Waals surface area contributed by atoms with E-state index in [2.05, 4.69) is 10.2 Å². The molecule has 0 bridgehead atoms. The molecule has 0 aromatic heterocycles. The van der Waals surface area contributed by atoms with Gasteiger partial charge >= 0.3 is 0 Å². The van der Waals surface area contributed by atoms with Crippen LogP contribution in [0.15, 0.2) is 53.4 Å². The van der Waals surface area contributed by atoms with E-state index < -0.39 is 10.0 Å². The quantitative estimate of drug-likeness (QED) is 0.766. The Hall–Kier alpha value is -2.73. The zero-order chi connectivity index (χ0) is 18.4. The van der Waals surface area contributed by atoms with Gasteiger partial charge in [-0.05, 0) is 48.9 Å². The summed E-state index contributed by atoms with van der Waals surface area (Å²) in [7, 11) is -2.56. The lowest BCUT2D eigenvalue weighted by atomic mass is 10.1. The molecule has 2 aromatic rings. The van der Waals surface area contributed by atoms with Crippen LogP contribution in [0.3, 0.4) is 0 Å². The minimum Gasteiger partial charge on any atom is -0.346 e. The van der Waals surface area contributed by atoms with E-state index in [1.165, 1.54) is 31.4 Å². The van der Waals surface area contributed by atoms with Crippen molar-refractivity contribution in [2.75, 3.05) is 7.11 Å². The predicted molar refractivity (Wildman–Crippen MR) is 90.8 cm³/mol. The molecule has 0 spiro atoms. The van der Waals surface area contributed by atoms with Crippen LogP contribution in [0, 0.1) is 11.3 Å². The lowest BCUT2D eigenvalue weighted by molar-refractivity contribution is 0.0940. The average molecular weight is 359 g/mol. The second kappa shape index (κ2) is 7.90. The summed E-state index contributed by atoms with van der Waals surface area (Å²) >= 11 is 0. The fraction of sp³-hybridized carbons (Fsp3) is 0.176. The van der Waals surface area contributed by atoms with Crippen molar-refractivity contribution in [1.29, 1.82) is 5.26 Å². The van der Waals surface area contributed by atoms with Crippen LogP contribution in [-0.2, 0) is 14.9 Å². The van der Waals surface area contributed by atoms with Crippen LogP contribution in [0.4, 0.5) is 0 Å². The van der Waals surface area contributed by atoms with Crippen LogP contribution in [0.2, 0.25) is 0 Å². The van der Waals surface area contributed by atoms with E-state index in [4.69, 9.17) is 5.26 Å². The summed E-state index contributed by atoms with van der Waals surface area (Å²) in [5.74, 6) is -0.333. The van der Waals surface area contributed by atoms with E-state index in [0.29, 0.717) is 11.1 Å². The van der Waals surface area contributed by atoms with Crippen molar-refractivity contribution in [2.24, 2.45) is 0 Å². The number of nitrogens with zero attached hydrogens (tertiary/aromatic N) is 1. The number of carbonyl (C=O) groups is 1. The van der Waals surface area contributed by atoms with Gasteiger partial charge in [-0.2, -0.15) is 5.26 Å². The van der Waals surface area contributed by atoms with Crippen molar-refractivity contribution >= 4 is 15.9 Å². The zero-order valence-corrected chi connectivity index (χ0v) is 14.5. The third-order valence-electron chi connectivity index (χ3n) is 3.51. The standard InChI is InChI=1S/C17H17N3O4S/c1-12(14-5-3-13(11-18)4-6-14)19-17(21)15-7-9-16(10-8-15)25(22,23)20-24-2/h3-10,12,20H,1-2H3,(H,19,21). The second-order valence-corrected chi connectivity index (χ2v) is 6.89. The number of hydrogen-bond acceptors (Lipinski definition) is 5. The van der Waals surface area contributed by atoms with Crippen LogP contribution in [-0.4, -0.2) is 21.4 Å². The van der Waals surface area contributed by atoms with Gasteiger partial charge in [0, 0.05) is 5.56 Å². The van der Waals surface area contributed by atoms with E-state index >= 15 is 0 Å². The summed E-state index contributed by atoms with van der Waals surface area (Å²) in [5, 5.41) is 11.6. The van der Waals surface area contributed by atoms with Crippen molar-refractivity contribution in [3.8, 4) is 6.07 Å². The van der Waals surface area contributed by atoms with E-state index in [1.54, 1.807) is 24.3 Å². The molecule has 0 fully saturated rings. The van der Waals surface area contributed by atoms with Gasteiger partial charge in [0.1, 0.15) is 0 Å². The summed E-state index contributed by atoms with van der Waals surface area (Å²) in [6.45, 7) is 1.82. The molecule has 1 amide bonds. The number of nitriles is 1. The smallest absolute Gasteiger partial charge is 0.262 e. The van der Waals surface area contributed by atoms with Gasteiger partial charge in [0.05, 0.1) is 29.7 Å². The van der Waals surface area contributed by atoms with Crippen LogP contribution in [0.25, 0.3) is 0 Å². The van der Waals surface area contributed by atoms with Gasteiger partial charge < -0.3 is 5.32 Å². The third kappa shape index (κ3) is 4.64. The highest BCUT2D eigenvalue weighted by Gasteiger charge is 2.16. The first-order chi connectivity index (χ1) is 11.9. The topological polar surface area (TPSA) is 108 Å². The first-order valence-electron chi connectivity index (χ1n) is 7.33. The number of nitrogens with one attached hydrogen (secondary N) is 2. The summed E-state index contributed by atoms with van der Waals surface area (Å²) in [6.07, 6.45) is 0. The lowest BCUT2D eigenvalue weighted by Crippen LogP contribution is -2.27. The number of rotatable bonds is 6. The van der Waals surface area contributed by atoms with E-state index in [1.807, 2.05) is 17.9 Å². The van der Waals surface area contributed by atoms with Gasteiger partial charge in [-0.3, -0.25) is 9.63 Å². The van der Waals surface area contributed by atoms with Gasteiger partial charge in [0.25, 0.3) is 15.9 Å². The molecule has 0 aliphatic rings. The number of amides is 1. The highest BCUT2D eigenvalue weighted by Crippen LogP contribution is 2.15. The van der Waals surface area contributed by atoms with E-state index in [9.17, 15) is 13.2 Å². The lowest BCUT2D eigenvalue weighted by Gasteiger charge is -2.14. The zero-order valence-electron chi connectivity index (χ0n) is 13.7. The highest BCUT2D eigenvalue weighted by molar-refractivity contribution is 7.89. The highest BCUT2D eigenvalue weighted by atomic mass is 32.2. The summed E-state index contributed by atoms with van der Waals surface area (Å²) < 4.78 is 23.5. The predicted octanol–water partition coefficient (Wildman–Crippen LogP) is 1.89.